The van der Waals surface area contributed by atoms with Crippen LogP contribution in [0.4, 0.5) is 0 Å². The fraction of sp³-hybridized carbons (Fsp3) is 0.923. The van der Waals surface area contributed by atoms with E-state index in [4.69, 9.17) is 5.73 Å². The lowest BCUT2D eigenvalue weighted by atomic mass is 10.1. The number of hydrogen-bond acceptors (Lipinski definition) is 3. The summed E-state index contributed by atoms with van der Waals surface area (Å²) >= 11 is 0. The molecular weight excluding hydrogens is 214 g/mol. The zero-order chi connectivity index (χ0) is 12.7. The second-order valence-corrected chi connectivity index (χ2v) is 5.02. The van der Waals surface area contributed by atoms with Crippen LogP contribution in [0.3, 0.4) is 0 Å². The Hall–Kier alpha value is -0.610. The van der Waals surface area contributed by atoms with Crippen molar-refractivity contribution in [3.05, 3.63) is 0 Å². The molecule has 1 fully saturated rings. The van der Waals surface area contributed by atoms with Crippen LogP contribution in [0.2, 0.25) is 0 Å². The lowest BCUT2D eigenvalue weighted by Crippen LogP contribution is -2.48. The highest BCUT2D eigenvalue weighted by atomic mass is 16.2. The van der Waals surface area contributed by atoms with E-state index in [-0.39, 0.29) is 11.9 Å². The van der Waals surface area contributed by atoms with E-state index in [9.17, 15) is 4.79 Å². The number of carbonyl (C=O) groups excluding carboxylic acids is 1. The van der Waals surface area contributed by atoms with Crippen molar-refractivity contribution in [3.63, 3.8) is 0 Å². The number of amides is 1. The molecule has 0 aromatic carbocycles. The van der Waals surface area contributed by atoms with Gasteiger partial charge in [0.1, 0.15) is 0 Å². The maximum absolute atomic E-state index is 12.1. The Bertz CT molecular complexity index is 227. The molecule has 1 aliphatic rings. The van der Waals surface area contributed by atoms with Gasteiger partial charge in [0.15, 0.2) is 0 Å². The van der Waals surface area contributed by atoms with Crippen LogP contribution in [0, 0.1) is 0 Å². The smallest absolute Gasteiger partial charge is 0.236 e. The minimum Gasteiger partial charge on any atom is -0.342 e. The van der Waals surface area contributed by atoms with Gasteiger partial charge in [0, 0.05) is 25.7 Å². The third-order valence-electron chi connectivity index (χ3n) is 3.24. The van der Waals surface area contributed by atoms with Crippen LogP contribution in [0.1, 0.15) is 39.5 Å². The molecule has 1 aliphatic heterocycles. The second kappa shape index (κ2) is 7.67. The standard InChI is InChI=1S/C13H27N3O/c1-3-7-16(8-4-2)13(17)11-15-9-5-6-12(14)10-15/h12H,3-11,14H2,1-2H3/t12-/m0/s1. The van der Waals surface area contributed by atoms with Gasteiger partial charge in [-0.05, 0) is 32.2 Å². The molecular formula is C13H27N3O. The van der Waals surface area contributed by atoms with Crippen molar-refractivity contribution in [1.82, 2.24) is 9.80 Å². The monoisotopic (exact) mass is 241 g/mol. The molecule has 0 aromatic heterocycles. The van der Waals surface area contributed by atoms with Gasteiger partial charge in [0.2, 0.25) is 5.91 Å². The molecule has 0 aliphatic carbocycles. The van der Waals surface area contributed by atoms with E-state index in [0.29, 0.717) is 6.54 Å². The summed E-state index contributed by atoms with van der Waals surface area (Å²) in [4.78, 5) is 16.3. The van der Waals surface area contributed by atoms with Gasteiger partial charge in [-0.15, -0.1) is 0 Å². The van der Waals surface area contributed by atoms with Crippen LogP contribution in [-0.2, 0) is 4.79 Å². The number of nitrogens with two attached hydrogens (primary N) is 1. The average Bonchev–Trinajstić information content (AvgIpc) is 2.28. The van der Waals surface area contributed by atoms with Crippen molar-refractivity contribution in [3.8, 4) is 0 Å². The number of piperidine rings is 1. The van der Waals surface area contributed by atoms with E-state index in [1.165, 1.54) is 0 Å². The number of likely N-dealkylation sites (tertiary alicyclic amines) is 1. The largest absolute Gasteiger partial charge is 0.342 e. The van der Waals surface area contributed by atoms with E-state index in [2.05, 4.69) is 18.7 Å². The van der Waals surface area contributed by atoms with Crippen LogP contribution >= 0.6 is 0 Å². The first kappa shape index (κ1) is 14.5. The molecule has 1 amide bonds. The quantitative estimate of drug-likeness (QED) is 0.756. The van der Waals surface area contributed by atoms with E-state index >= 15 is 0 Å². The summed E-state index contributed by atoms with van der Waals surface area (Å²) in [6.07, 6.45) is 4.28. The third-order valence-corrected chi connectivity index (χ3v) is 3.24. The minimum atomic E-state index is 0.252. The highest BCUT2D eigenvalue weighted by molar-refractivity contribution is 5.78. The second-order valence-electron chi connectivity index (χ2n) is 5.02. The van der Waals surface area contributed by atoms with Crippen molar-refractivity contribution >= 4 is 5.91 Å². The molecule has 0 spiro atoms. The molecule has 4 nitrogen and oxygen atoms in total. The third kappa shape index (κ3) is 5.04. The molecule has 0 aromatic rings. The van der Waals surface area contributed by atoms with Crippen LogP contribution in [0.15, 0.2) is 0 Å². The van der Waals surface area contributed by atoms with Crippen molar-refractivity contribution in [2.45, 2.75) is 45.6 Å². The highest BCUT2D eigenvalue weighted by Crippen LogP contribution is 2.08. The Labute approximate surface area is 105 Å². The Morgan fingerprint density at radius 3 is 2.53 bits per heavy atom. The maximum Gasteiger partial charge on any atom is 0.236 e. The summed E-state index contributed by atoms with van der Waals surface area (Å²) in [5.41, 5.74) is 5.93. The first-order valence-electron chi connectivity index (χ1n) is 6.93. The van der Waals surface area contributed by atoms with Crippen LogP contribution < -0.4 is 5.73 Å². The lowest BCUT2D eigenvalue weighted by Gasteiger charge is -2.32. The summed E-state index contributed by atoms with van der Waals surface area (Å²) in [6, 6.07) is 0.252. The molecule has 1 saturated heterocycles. The van der Waals surface area contributed by atoms with Crippen molar-refractivity contribution < 1.29 is 4.79 Å². The molecule has 17 heavy (non-hydrogen) atoms. The predicted octanol–water partition coefficient (Wildman–Crippen LogP) is 1.06. The van der Waals surface area contributed by atoms with E-state index in [0.717, 1.165) is 51.9 Å². The molecule has 0 saturated carbocycles. The average molecular weight is 241 g/mol. The van der Waals surface area contributed by atoms with Crippen molar-refractivity contribution in [2.24, 2.45) is 5.73 Å². The fourth-order valence-electron chi connectivity index (χ4n) is 2.43. The zero-order valence-electron chi connectivity index (χ0n) is 11.3. The molecule has 0 bridgehead atoms. The van der Waals surface area contributed by atoms with Gasteiger partial charge in [0.05, 0.1) is 6.54 Å². The molecule has 100 valence electrons. The molecule has 0 unspecified atom stereocenters. The van der Waals surface area contributed by atoms with Gasteiger partial charge in [0.25, 0.3) is 0 Å². The van der Waals surface area contributed by atoms with Gasteiger partial charge < -0.3 is 10.6 Å². The highest BCUT2D eigenvalue weighted by Gasteiger charge is 2.21. The van der Waals surface area contributed by atoms with Gasteiger partial charge in [-0.3, -0.25) is 9.69 Å². The number of rotatable bonds is 6. The summed E-state index contributed by atoms with van der Waals surface area (Å²) in [7, 11) is 0. The van der Waals surface area contributed by atoms with E-state index < -0.39 is 0 Å². The first-order valence-corrected chi connectivity index (χ1v) is 6.93. The predicted molar refractivity (Wildman–Crippen MR) is 70.8 cm³/mol. The van der Waals surface area contributed by atoms with Gasteiger partial charge in [-0.2, -0.15) is 0 Å². The topological polar surface area (TPSA) is 49.6 Å². The summed E-state index contributed by atoms with van der Waals surface area (Å²) in [5, 5.41) is 0. The van der Waals surface area contributed by atoms with Crippen LogP contribution in [0.5, 0.6) is 0 Å². The van der Waals surface area contributed by atoms with E-state index in [1.54, 1.807) is 0 Å². The molecule has 1 heterocycles. The zero-order valence-corrected chi connectivity index (χ0v) is 11.3. The SMILES string of the molecule is CCCN(CCC)C(=O)CN1CCC[C@H](N)C1. The molecule has 1 rings (SSSR count). The number of hydrogen-bond donors (Lipinski definition) is 1. The molecule has 4 heteroatoms. The summed E-state index contributed by atoms with van der Waals surface area (Å²) < 4.78 is 0. The first-order chi connectivity index (χ1) is 8.17. The van der Waals surface area contributed by atoms with Gasteiger partial charge in [-0.25, -0.2) is 0 Å². The van der Waals surface area contributed by atoms with E-state index in [1.807, 2.05) is 4.90 Å². The van der Waals surface area contributed by atoms with Crippen LogP contribution in [0.25, 0.3) is 0 Å². The van der Waals surface area contributed by atoms with Crippen LogP contribution in [-0.4, -0.2) is 54.5 Å². The van der Waals surface area contributed by atoms with Crippen molar-refractivity contribution in [1.29, 1.82) is 0 Å². The molecule has 1 atom stereocenters. The van der Waals surface area contributed by atoms with Gasteiger partial charge in [-0.1, -0.05) is 13.8 Å². The van der Waals surface area contributed by atoms with Crippen molar-refractivity contribution in [2.75, 3.05) is 32.7 Å². The fourth-order valence-corrected chi connectivity index (χ4v) is 2.43. The normalized spacial score (nSPS) is 21.5. The molecule has 2 N–H and O–H groups in total. The maximum atomic E-state index is 12.1. The number of carbonyl (C=O) groups is 1. The Morgan fingerprint density at radius 1 is 1.35 bits per heavy atom. The Morgan fingerprint density at radius 2 is 2.00 bits per heavy atom. The molecule has 0 radical (unpaired) electrons. The minimum absolute atomic E-state index is 0.252. The Balaban J connectivity index is 2.39. The Kier molecular flexibility index (Phi) is 6.52. The number of nitrogens with zero attached hydrogens (tertiary/aromatic N) is 2. The lowest BCUT2D eigenvalue weighted by molar-refractivity contribution is -0.132. The summed E-state index contributed by atoms with van der Waals surface area (Å²) in [6.45, 7) is 8.44. The van der Waals surface area contributed by atoms with Gasteiger partial charge >= 0.3 is 0 Å². The summed E-state index contributed by atoms with van der Waals surface area (Å²) in [5.74, 6) is 0.266.